The summed E-state index contributed by atoms with van der Waals surface area (Å²) in [6.45, 7) is 2.87. The molecule has 1 aliphatic rings. The Labute approximate surface area is 133 Å². The lowest BCUT2D eigenvalue weighted by atomic mass is 9.91. The van der Waals surface area contributed by atoms with E-state index >= 15 is 0 Å². The van der Waals surface area contributed by atoms with E-state index < -0.39 is 0 Å². The second kappa shape index (κ2) is 6.53. The van der Waals surface area contributed by atoms with Crippen LogP contribution in [0.5, 0.6) is 5.75 Å². The molecule has 0 radical (unpaired) electrons. The van der Waals surface area contributed by atoms with Crippen molar-refractivity contribution in [3.8, 4) is 5.75 Å². The maximum Gasteiger partial charge on any atom is 0.122 e. The zero-order valence-electron chi connectivity index (χ0n) is 13.5. The van der Waals surface area contributed by atoms with Gasteiger partial charge in [0.1, 0.15) is 5.75 Å². The Morgan fingerprint density at radius 1 is 1.14 bits per heavy atom. The first-order chi connectivity index (χ1) is 10.7. The largest absolute Gasteiger partial charge is 0.496 e. The van der Waals surface area contributed by atoms with Crippen molar-refractivity contribution in [2.45, 2.75) is 31.6 Å². The Morgan fingerprint density at radius 3 is 2.59 bits per heavy atom. The second-order valence-corrected chi connectivity index (χ2v) is 6.38. The first-order valence-corrected chi connectivity index (χ1v) is 8.15. The normalized spacial score (nSPS) is 21.4. The maximum absolute atomic E-state index is 5.89. The molecule has 1 saturated carbocycles. The molecule has 0 aromatic heterocycles. The third-order valence-electron chi connectivity index (χ3n) is 4.89. The Bertz CT molecular complexity index is 623. The predicted octanol–water partition coefficient (Wildman–Crippen LogP) is 4.10. The molecule has 1 aliphatic carbocycles. The summed E-state index contributed by atoms with van der Waals surface area (Å²) in [4.78, 5) is 0. The number of methoxy groups -OCH3 is 1. The minimum absolute atomic E-state index is 0.374. The van der Waals surface area contributed by atoms with Gasteiger partial charge >= 0.3 is 0 Å². The van der Waals surface area contributed by atoms with Gasteiger partial charge in [-0.3, -0.25) is 0 Å². The van der Waals surface area contributed by atoms with Crippen molar-refractivity contribution in [2.75, 3.05) is 13.7 Å². The van der Waals surface area contributed by atoms with Crippen molar-refractivity contribution in [1.82, 2.24) is 0 Å². The van der Waals surface area contributed by atoms with Gasteiger partial charge in [0.15, 0.2) is 0 Å². The van der Waals surface area contributed by atoms with E-state index in [1.165, 1.54) is 23.1 Å². The molecule has 2 aromatic carbocycles. The van der Waals surface area contributed by atoms with E-state index in [1.54, 1.807) is 7.11 Å². The van der Waals surface area contributed by atoms with Crippen LogP contribution in [0.4, 0.5) is 0 Å². The molecule has 0 bridgehead atoms. The molecular formula is C20H25NO. The molecule has 1 fully saturated rings. The molecule has 2 heteroatoms. The molecule has 116 valence electrons. The van der Waals surface area contributed by atoms with Gasteiger partial charge < -0.3 is 10.5 Å². The highest BCUT2D eigenvalue weighted by molar-refractivity contribution is 5.43. The van der Waals surface area contributed by atoms with Crippen LogP contribution < -0.4 is 10.5 Å². The maximum atomic E-state index is 5.89. The SMILES string of the molecule is COc1cccc(C(C)CN)c1CC1CC1c1ccccc1. The smallest absolute Gasteiger partial charge is 0.122 e. The molecule has 0 saturated heterocycles. The standard InChI is InChI=1S/C20H25NO/c1-14(13-21)17-9-6-10-20(22-2)19(17)12-16-11-18(16)15-7-4-3-5-8-15/h3-10,14,16,18H,11-13,21H2,1-2H3. The lowest BCUT2D eigenvalue weighted by Gasteiger charge is -2.18. The monoisotopic (exact) mass is 295 g/mol. The fourth-order valence-corrected chi connectivity index (χ4v) is 3.42. The summed E-state index contributed by atoms with van der Waals surface area (Å²) in [5.74, 6) is 2.81. The molecule has 2 N–H and O–H groups in total. The Kier molecular flexibility index (Phi) is 4.49. The molecule has 3 rings (SSSR count). The van der Waals surface area contributed by atoms with Gasteiger partial charge in [0.05, 0.1) is 7.11 Å². The molecule has 2 aromatic rings. The number of benzene rings is 2. The van der Waals surface area contributed by atoms with Gasteiger partial charge in [-0.15, -0.1) is 0 Å². The molecule has 0 amide bonds. The van der Waals surface area contributed by atoms with Crippen LogP contribution in [-0.4, -0.2) is 13.7 Å². The van der Waals surface area contributed by atoms with E-state index in [-0.39, 0.29) is 0 Å². The fraction of sp³-hybridized carbons (Fsp3) is 0.400. The molecule has 0 spiro atoms. The number of rotatable bonds is 6. The van der Waals surface area contributed by atoms with E-state index in [2.05, 4.69) is 55.5 Å². The summed E-state index contributed by atoms with van der Waals surface area (Å²) >= 11 is 0. The van der Waals surface area contributed by atoms with Crippen LogP contribution in [0, 0.1) is 5.92 Å². The van der Waals surface area contributed by atoms with Crippen LogP contribution in [0.25, 0.3) is 0 Å². The molecule has 3 atom stereocenters. The van der Waals surface area contributed by atoms with Crippen LogP contribution in [0.2, 0.25) is 0 Å². The van der Waals surface area contributed by atoms with Gasteiger partial charge in [-0.25, -0.2) is 0 Å². The van der Waals surface area contributed by atoms with E-state index in [4.69, 9.17) is 10.5 Å². The number of hydrogen-bond donors (Lipinski definition) is 1. The molecule has 0 aliphatic heterocycles. The van der Waals surface area contributed by atoms with Gasteiger partial charge in [-0.05, 0) is 59.9 Å². The van der Waals surface area contributed by atoms with Crippen LogP contribution >= 0.6 is 0 Å². The van der Waals surface area contributed by atoms with Crippen LogP contribution in [0.1, 0.15) is 41.9 Å². The van der Waals surface area contributed by atoms with Gasteiger partial charge in [0, 0.05) is 0 Å². The lowest BCUT2D eigenvalue weighted by molar-refractivity contribution is 0.407. The van der Waals surface area contributed by atoms with Gasteiger partial charge in [0.25, 0.3) is 0 Å². The number of hydrogen-bond acceptors (Lipinski definition) is 2. The average Bonchev–Trinajstić information content (AvgIpc) is 3.34. The van der Waals surface area contributed by atoms with Gasteiger partial charge in [0.2, 0.25) is 0 Å². The molecule has 0 heterocycles. The predicted molar refractivity (Wildman–Crippen MR) is 91.5 cm³/mol. The molecular weight excluding hydrogens is 270 g/mol. The molecule has 2 nitrogen and oxygen atoms in total. The summed E-state index contributed by atoms with van der Waals surface area (Å²) in [5.41, 5.74) is 10.1. The van der Waals surface area contributed by atoms with E-state index in [0.29, 0.717) is 18.4 Å². The first kappa shape index (κ1) is 15.1. The summed E-state index contributed by atoms with van der Waals surface area (Å²) in [7, 11) is 1.76. The first-order valence-electron chi connectivity index (χ1n) is 8.15. The zero-order valence-corrected chi connectivity index (χ0v) is 13.5. The minimum Gasteiger partial charge on any atom is -0.496 e. The van der Waals surface area contributed by atoms with E-state index in [0.717, 1.165) is 18.1 Å². The van der Waals surface area contributed by atoms with Gasteiger partial charge in [-0.2, -0.15) is 0 Å². The highest BCUT2D eigenvalue weighted by Crippen LogP contribution is 2.50. The van der Waals surface area contributed by atoms with Crippen LogP contribution in [0.15, 0.2) is 48.5 Å². The topological polar surface area (TPSA) is 35.2 Å². The minimum atomic E-state index is 0.374. The summed E-state index contributed by atoms with van der Waals surface area (Å²) in [6.07, 6.45) is 2.36. The summed E-state index contributed by atoms with van der Waals surface area (Å²) in [5, 5.41) is 0. The van der Waals surface area contributed by atoms with Crippen molar-refractivity contribution in [2.24, 2.45) is 11.7 Å². The summed E-state index contributed by atoms with van der Waals surface area (Å²) in [6, 6.07) is 17.2. The van der Waals surface area contributed by atoms with E-state index in [9.17, 15) is 0 Å². The van der Waals surface area contributed by atoms with Crippen LogP contribution in [0.3, 0.4) is 0 Å². The van der Waals surface area contributed by atoms with E-state index in [1.807, 2.05) is 0 Å². The fourth-order valence-electron chi connectivity index (χ4n) is 3.42. The van der Waals surface area contributed by atoms with Gasteiger partial charge in [-0.1, -0.05) is 49.4 Å². The third-order valence-corrected chi connectivity index (χ3v) is 4.89. The van der Waals surface area contributed by atoms with Crippen molar-refractivity contribution >= 4 is 0 Å². The van der Waals surface area contributed by atoms with Crippen LogP contribution in [-0.2, 0) is 6.42 Å². The average molecular weight is 295 g/mol. The second-order valence-electron chi connectivity index (χ2n) is 6.38. The third kappa shape index (κ3) is 3.02. The number of nitrogens with two attached hydrogens (primary N) is 1. The zero-order chi connectivity index (χ0) is 15.5. The highest BCUT2D eigenvalue weighted by Gasteiger charge is 2.39. The van der Waals surface area contributed by atoms with Crippen molar-refractivity contribution in [1.29, 1.82) is 0 Å². The summed E-state index contributed by atoms with van der Waals surface area (Å²) < 4.78 is 5.61. The van der Waals surface area contributed by atoms with Crippen molar-refractivity contribution < 1.29 is 4.74 Å². The van der Waals surface area contributed by atoms with Crippen molar-refractivity contribution in [3.05, 3.63) is 65.2 Å². The van der Waals surface area contributed by atoms with Crippen molar-refractivity contribution in [3.63, 3.8) is 0 Å². The Hall–Kier alpha value is -1.80. The Morgan fingerprint density at radius 2 is 1.91 bits per heavy atom. The highest BCUT2D eigenvalue weighted by atomic mass is 16.5. The Balaban J connectivity index is 1.81. The molecule has 22 heavy (non-hydrogen) atoms. The quantitative estimate of drug-likeness (QED) is 0.870. The number of ether oxygens (including phenoxy) is 1. The molecule has 3 unspecified atom stereocenters. The lowest BCUT2D eigenvalue weighted by Crippen LogP contribution is -2.12.